The highest BCUT2D eigenvalue weighted by Gasteiger charge is 2.25. The van der Waals surface area contributed by atoms with Gasteiger partial charge in [-0.25, -0.2) is 0 Å². The Morgan fingerprint density at radius 2 is 0.896 bits per heavy atom. The third-order valence-corrected chi connectivity index (χ3v) is 10.6. The number of rotatable bonds is 35. The molecule has 4 nitrogen and oxygen atoms in total. The number of ether oxygens (including phenoxy) is 1. The van der Waals surface area contributed by atoms with Gasteiger partial charge in [-0.2, -0.15) is 0 Å². The number of hydrogen-bond donors (Lipinski definition) is 0. The largest absolute Gasteiger partial charge is 0.370 e. The van der Waals surface area contributed by atoms with E-state index in [4.69, 9.17) is 4.74 Å². The van der Waals surface area contributed by atoms with E-state index in [-0.39, 0.29) is 0 Å². The first-order valence-electron chi connectivity index (χ1n) is 21.6. The minimum absolute atomic E-state index is 0.407. The zero-order valence-electron chi connectivity index (χ0n) is 33.0. The van der Waals surface area contributed by atoms with E-state index in [9.17, 15) is 4.79 Å². The van der Waals surface area contributed by atoms with Crippen LogP contribution < -0.4 is 0 Å². The smallest absolute Gasteiger partial charge is 0.222 e. The molecule has 0 aromatic carbocycles. The minimum atomic E-state index is 0.407. The Labute approximate surface area is 301 Å². The summed E-state index contributed by atoms with van der Waals surface area (Å²) in [5, 5.41) is 0. The fourth-order valence-electron chi connectivity index (χ4n) is 7.07. The molecule has 1 aliphatic rings. The maximum absolute atomic E-state index is 13.3. The van der Waals surface area contributed by atoms with Gasteiger partial charge < -0.3 is 14.1 Å². The topological polar surface area (TPSA) is 29.5 Å². The van der Waals surface area contributed by atoms with E-state index in [1.807, 2.05) is 0 Å². The number of allylic oxidation sites excluding steroid dienone is 4. The standard InChI is InChI=1S/C44H85N2O2/c1-4-6-8-10-12-14-16-18-20-22-24-26-28-30-32-34-37-45(38-35-39-46(3)40-42-48-43-41-46)44(47)36-33-31-29-27-25-23-21-19-17-15-13-11-9-7-5-2/h18-21H,4-17,22-43H2,1-3H3/q+1. The predicted molar refractivity (Wildman–Crippen MR) is 212 cm³/mol. The van der Waals surface area contributed by atoms with Crippen LogP contribution in [0.3, 0.4) is 0 Å². The molecule has 0 N–H and O–H groups in total. The van der Waals surface area contributed by atoms with Crippen LogP contribution in [0.1, 0.15) is 200 Å². The van der Waals surface area contributed by atoms with Gasteiger partial charge in [0, 0.05) is 25.9 Å². The van der Waals surface area contributed by atoms with Crippen molar-refractivity contribution in [2.75, 3.05) is 53.0 Å². The molecule has 0 aromatic heterocycles. The van der Waals surface area contributed by atoms with Crippen molar-refractivity contribution in [1.29, 1.82) is 0 Å². The quantitative estimate of drug-likeness (QED) is 0.0381. The van der Waals surface area contributed by atoms with Crippen LogP contribution in [0, 0.1) is 0 Å². The van der Waals surface area contributed by atoms with E-state index < -0.39 is 0 Å². The van der Waals surface area contributed by atoms with Crippen LogP contribution >= 0.6 is 0 Å². The van der Waals surface area contributed by atoms with Crippen LogP contribution in [0.2, 0.25) is 0 Å². The fraction of sp³-hybridized carbons (Fsp3) is 0.886. The molecule has 0 bridgehead atoms. The van der Waals surface area contributed by atoms with Gasteiger partial charge in [0.05, 0.1) is 26.8 Å². The molecule has 0 spiro atoms. The van der Waals surface area contributed by atoms with E-state index in [0.29, 0.717) is 5.91 Å². The van der Waals surface area contributed by atoms with Crippen molar-refractivity contribution in [3.63, 3.8) is 0 Å². The molecule has 0 saturated carbocycles. The lowest BCUT2D eigenvalue weighted by atomic mass is 10.1. The Hall–Kier alpha value is -1.13. The normalized spacial score (nSPS) is 14.8. The van der Waals surface area contributed by atoms with Gasteiger partial charge in [0.15, 0.2) is 0 Å². The maximum Gasteiger partial charge on any atom is 0.222 e. The summed E-state index contributed by atoms with van der Waals surface area (Å²) in [6, 6.07) is 0. The zero-order valence-corrected chi connectivity index (χ0v) is 33.0. The van der Waals surface area contributed by atoms with Gasteiger partial charge in [-0.3, -0.25) is 4.79 Å². The number of amides is 1. The Morgan fingerprint density at radius 3 is 1.35 bits per heavy atom. The lowest BCUT2D eigenvalue weighted by Gasteiger charge is -2.38. The molecule has 0 unspecified atom stereocenters. The third-order valence-electron chi connectivity index (χ3n) is 10.6. The van der Waals surface area contributed by atoms with Gasteiger partial charge in [0.25, 0.3) is 0 Å². The Bertz CT molecular complexity index is 742. The second-order valence-corrected chi connectivity index (χ2v) is 15.4. The Balaban J connectivity index is 2.17. The minimum Gasteiger partial charge on any atom is -0.370 e. The van der Waals surface area contributed by atoms with Crippen LogP contribution in [0.5, 0.6) is 0 Å². The molecule has 1 fully saturated rings. The van der Waals surface area contributed by atoms with Gasteiger partial charge in [-0.1, -0.05) is 147 Å². The third kappa shape index (κ3) is 28.7. The zero-order chi connectivity index (χ0) is 34.6. The van der Waals surface area contributed by atoms with E-state index in [1.165, 1.54) is 161 Å². The monoisotopic (exact) mass is 674 g/mol. The second kappa shape index (κ2) is 34.3. The summed E-state index contributed by atoms with van der Waals surface area (Å²) in [5.41, 5.74) is 0. The molecule has 1 rings (SSSR count). The number of carbonyl (C=O) groups excluding carboxylic acids is 1. The molecule has 4 heteroatoms. The van der Waals surface area contributed by atoms with Gasteiger partial charge >= 0.3 is 0 Å². The number of likely N-dealkylation sites (N-methyl/N-ethyl adjacent to an activating group) is 1. The van der Waals surface area contributed by atoms with E-state index in [0.717, 1.165) is 76.1 Å². The molecule has 1 amide bonds. The number of nitrogens with zero attached hydrogens (tertiary/aromatic N) is 2. The van der Waals surface area contributed by atoms with E-state index in [1.54, 1.807) is 0 Å². The molecule has 1 heterocycles. The summed E-state index contributed by atoms with van der Waals surface area (Å²) in [6.07, 6.45) is 47.0. The number of carbonyl (C=O) groups is 1. The molecule has 282 valence electrons. The van der Waals surface area contributed by atoms with E-state index >= 15 is 0 Å². The Kier molecular flexibility index (Phi) is 32.1. The molecule has 48 heavy (non-hydrogen) atoms. The first-order valence-corrected chi connectivity index (χ1v) is 21.6. The number of quaternary nitrogens is 1. The highest BCUT2D eigenvalue weighted by atomic mass is 16.5. The average molecular weight is 674 g/mol. The summed E-state index contributed by atoms with van der Waals surface area (Å²) < 4.78 is 6.70. The van der Waals surface area contributed by atoms with Gasteiger partial charge in [-0.15, -0.1) is 0 Å². The molecule has 0 aromatic rings. The summed E-state index contributed by atoms with van der Waals surface area (Å²) in [4.78, 5) is 15.5. The van der Waals surface area contributed by atoms with Crippen molar-refractivity contribution in [3.8, 4) is 0 Å². The van der Waals surface area contributed by atoms with Gasteiger partial charge in [-0.05, 0) is 64.2 Å². The van der Waals surface area contributed by atoms with Crippen LogP contribution in [0.15, 0.2) is 24.3 Å². The molecule has 0 aliphatic carbocycles. The molecule has 1 aliphatic heterocycles. The lowest BCUT2D eigenvalue weighted by Crippen LogP contribution is -2.53. The summed E-state index contributed by atoms with van der Waals surface area (Å²) >= 11 is 0. The first kappa shape index (κ1) is 44.9. The van der Waals surface area contributed by atoms with Crippen LogP contribution in [-0.2, 0) is 9.53 Å². The fourth-order valence-corrected chi connectivity index (χ4v) is 7.07. The second-order valence-electron chi connectivity index (χ2n) is 15.4. The van der Waals surface area contributed by atoms with E-state index in [2.05, 4.69) is 50.1 Å². The Morgan fingerprint density at radius 1 is 0.521 bits per heavy atom. The molecular formula is C44H85N2O2+. The number of morpholine rings is 1. The molecular weight excluding hydrogens is 588 g/mol. The molecule has 1 saturated heterocycles. The number of unbranched alkanes of at least 4 members (excludes halogenated alkanes) is 23. The lowest BCUT2D eigenvalue weighted by molar-refractivity contribution is -0.917. The van der Waals surface area contributed by atoms with Crippen molar-refractivity contribution in [3.05, 3.63) is 24.3 Å². The maximum atomic E-state index is 13.3. The SMILES string of the molecule is CCCCCCCCC=CCCCCCCCCN(CCC[N+]1(C)CCOCC1)C(=O)CCCCCCCC=CCCCCCCCC. The first-order chi connectivity index (χ1) is 23.6. The van der Waals surface area contributed by atoms with Gasteiger partial charge in [0.1, 0.15) is 13.1 Å². The highest BCUT2D eigenvalue weighted by Crippen LogP contribution is 2.15. The van der Waals surface area contributed by atoms with Crippen LogP contribution in [-0.4, -0.2) is 68.3 Å². The predicted octanol–water partition coefficient (Wildman–Crippen LogP) is 12.8. The van der Waals surface area contributed by atoms with Crippen molar-refractivity contribution in [2.45, 2.75) is 200 Å². The van der Waals surface area contributed by atoms with Gasteiger partial charge in [0.2, 0.25) is 5.91 Å². The summed E-state index contributed by atoms with van der Waals surface area (Å²) in [6.45, 7) is 11.6. The summed E-state index contributed by atoms with van der Waals surface area (Å²) in [5.74, 6) is 0.407. The van der Waals surface area contributed by atoms with Crippen molar-refractivity contribution in [1.82, 2.24) is 4.90 Å². The van der Waals surface area contributed by atoms with Crippen molar-refractivity contribution in [2.24, 2.45) is 0 Å². The van der Waals surface area contributed by atoms with Crippen LogP contribution in [0.25, 0.3) is 0 Å². The summed E-state index contributed by atoms with van der Waals surface area (Å²) in [7, 11) is 2.37. The molecule has 0 radical (unpaired) electrons. The number of hydrogen-bond acceptors (Lipinski definition) is 2. The van der Waals surface area contributed by atoms with Crippen LogP contribution in [0.4, 0.5) is 0 Å². The average Bonchev–Trinajstić information content (AvgIpc) is 3.09. The van der Waals surface area contributed by atoms with Crippen molar-refractivity contribution < 1.29 is 14.0 Å². The van der Waals surface area contributed by atoms with Crippen molar-refractivity contribution >= 4 is 5.91 Å². The molecule has 0 atom stereocenters. The highest BCUT2D eigenvalue weighted by molar-refractivity contribution is 5.76.